The second kappa shape index (κ2) is 5.47. The normalized spacial score (nSPS) is 11.3. The third-order valence-corrected chi connectivity index (χ3v) is 2.32. The maximum atomic E-state index is 4.14. The zero-order chi connectivity index (χ0) is 10.6. The van der Waals surface area contributed by atoms with E-state index in [0.717, 1.165) is 17.6 Å². The van der Waals surface area contributed by atoms with E-state index in [-0.39, 0.29) is 0 Å². The first-order valence-corrected chi connectivity index (χ1v) is 5.65. The van der Waals surface area contributed by atoms with E-state index in [1.807, 2.05) is 12.4 Å². The minimum absolute atomic E-state index is 0.708. The summed E-state index contributed by atoms with van der Waals surface area (Å²) < 4.78 is 1.05. The molecule has 0 spiro atoms. The lowest BCUT2D eigenvalue weighted by atomic mass is 10.2. The lowest BCUT2D eigenvalue weighted by Crippen LogP contribution is -2.22. The number of pyridine rings is 1. The molecule has 14 heavy (non-hydrogen) atoms. The molecule has 0 aliphatic carbocycles. The van der Waals surface area contributed by atoms with Crippen LogP contribution in [0.25, 0.3) is 0 Å². The number of hydrogen-bond donors (Lipinski definition) is 0. The number of halogens is 1. The van der Waals surface area contributed by atoms with Gasteiger partial charge in [-0.05, 0) is 40.5 Å². The van der Waals surface area contributed by atoms with Gasteiger partial charge in [-0.15, -0.1) is 0 Å². The lowest BCUT2D eigenvalue weighted by molar-refractivity contribution is 0.288. The first-order chi connectivity index (χ1) is 6.58. The second-order valence-electron chi connectivity index (χ2n) is 4.10. The third-order valence-electron chi connectivity index (χ3n) is 1.89. The van der Waals surface area contributed by atoms with Gasteiger partial charge in [-0.25, -0.2) is 0 Å². The molecule has 0 saturated carbocycles. The minimum atomic E-state index is 0.708. The summed E-state index contributed by atoms with van der Waals surface area (Å²) in [5.74, 6) is 0.708. The Hall–Kier alpha value is -0.410. The van der Waals surface area contributed by atoms with Gasteiger partial charge in [-0.1, -0.05) is 13.8 Å². The quantitative estimate of drug-likeness (QED) is 0.824. The van der Waals surface area contributed by atoms with Crippen molar-refractivity contribution < 1.29 is 0 Å². The summed E-state index contributed by atoms with van der Waals surface area (Å²) in [5.41, 5.74) is 1.25. The Morgan fingerprint density at radius 3 is 2.71 bits per heavy atom. The molecule has 0 atom stereocenters. The first-order valence-electron chi connectivity index (χ1n) is 4.86. The highest BCUT2D eigenvalue weighted by atomic mass is 79.9. The standard InChI is InChI=1S/C11H17BrN2/c1-9(2)7-14(3)8-10-4-11(12)6-13-5-10/h4-6,9H,7-8H2,1-3H3. The third kappa shape index (κ3) is 4.20. The summed E-state index contributed by atoms with van der Waals surface area (Å²) in [7, 11) is 2.14. The van der Waals surface area contributed by atoms with Crippen LogP contribution in [0.1, 0.15) is 19.4 Å². The van der Waals surface area contributed by atoms with Crippen LogP contribution in [0.3, 0.4) is 0 Å². The number of hydrogen-bond acceptors (Lipinski definition) is 2. The zero-order valence-electron chi connectivity index (χ0n) is 9.00. The topological polar surface area (TPSA) is 16.1 Å². The largest absolute Gasteiger partial charge is 0.302 e. The average molecular weight is 257 g/mol. The van der Waals surface area contributed by atoms with E-state index < -0.39 is 0 Å². The summed E-state index contributed by atoms with van der Waals surface area (Å²) in [6, 6.07) is 2.11. The molecule has 0 aliphatic heterocycles. The molecule has 0 aliphatic rings. The van der Waals surface area contributed by atoms with E-state index in [2.05, 4.69) is 52.8 Å². The molecule has 0 amide bonds. The predicted molar refractivity (Wildman–Crippen MR) is 63.1 cm³/mol. The molecule has 0 N–H and O–H groups in total. The Morgan fingerprint density at radius 1 is 1.43 bits per heavy atom. The Bertz CT molecular complexity index is 286. The van der Waals surface area contributed by atoms with Gasteiger partial charge in [0.05, 0.1) is 0 Å². The fourth-order valence-corrected chi connectivity index (χ4v) is 1.95. The van der Waals surface area contributed by atoms with Crippen LogP contribution in [-0.4, -0.2) is 23.5 Å². The van der Waals surface area contributed by atoms with Crippen LogP contribution in [0.2, 0.25) is 0 Å². The molecule has 0 fully saturated rings. The molecule has 0 saturated heterocycles. The van der Waals surface area contributed by atoms with Crippen LogP contribution in [0.4, 0.5) is 0 Å². The summed E-state index contributed by atoms with van der Waals surface area (Å²) in [6.45, 7) is 6.54. The van der Waals surface area contributed by atoms with Crippen molar-refractivity contribution in [2.45, 2.75) is 20.4 Å². The molecule has 1 rings (SSSR count). The SMILES string of the molecule is CC(C)CN(C)Cc1cncc(Br)c1. The molecular weight excluding hydrogens is 240 g/mol. The Kier molecular flexibility index (Phi) is 4.55. The smallest absolute Gasteiger partial charge is 0.0410 e. The van der Waals surface area contributed by atoms with Crippen LogP contribution in [-0.2, 0) is 6.54 Å². The van der Waals surface area contributed by atoms with Crippen molar-refractivity contribution in [3.8, 4) is 0 Å². The molecular formula is C11H17BrN2. The number of nitrogens with zero attached hydrogens (tertiary/aromatic N) is 2. The molecule has 1 heterocycles. The molecule has 2 nitrogen and oxygen atoms in total. The number of rotatable bonds is 4. The molecule has 3 heteroatoms. The van der Waals surface area contributed by atoms with Gasteiger partial charge in [-0.3, -0.25) is 4.98 Å². The summed E-state index contributed by atoms with van der Waals surface area (Å²) >= 11 is 3.42. The highest BCUT2D eigenvalue weighted by Gasteiger charge is 2.03. The summed E-state index contributed by atoms with van der Waals surface area (Å²) in [6.07, 6.45) is 3.73. The van der Waals surface area contributed by atoms with E-state index in [9.17, 15) is 0 Å². The fourth-order valence-electron chi connectivity index (χ4n) is 1.54. The predicted octanol–water partition coefficient (Wildman–Crippen LogP) is 2.93. The summed E-state index contributed by atoms with van der Waals surface area (Å²) in [5, 5.41) is 0. The lowest BCUT2D eigenvalue weighted by Gasteiger charge is -2.18. The molecule has 78 valence electrons. The van der Waals surface area contributed by atoms with Crippen molar-refractivity contribution in [2.75, 3.05) is 13.6 Å². The maximum Gasteiger partial charge on any atom is 0.0410 e. The van der Waals surface area contributed by atoms with Crippen LogP contribution >= 0.6 is 15.9 Å². The number of aromatic nitrogens is 1. The highest BCUT2D eigenvalue weighted by Crippen LogP contribution is 2.11. The molecule has 0 radical (unpaired) electrons. The van der Waals surface area contributed by atoms with Gasteiger partial charge in [0.25, 0.3) is 0 Å². The van der Waals surface area contributed by atoms with Gasteiger partial charge >= 0.3 is 0 Å². The van der Waals surface area contributed by atoms with Gasteiger partial charge in [0, 0.05) is 30.0 Å². The van der Waals surface area contributed by atoms with E-state index in [0.29, 0.717) is 5.92 Å². The first kappa shape index (κ1) is 11.7. The van der Waals surface area contributed by atoms with Gasteiger partial charge in [0.2, 0.25) is 0 Å². The average Bonchev–Trinajstić information content (AvgIpc) is 2.01. The van der Waals surface area contributed by atoms with E-state index >= 15 is 0 Å². The van der Waals surface area contributed by atoms with Crippen molar-refractivity contribution >= 4 is 15.9 Å². The molecule has 1 aromatic heterocycles. The Morgan fingerprint density at radius 2 is 2.14 bits per heavy atom. The van der Waals surface area contributed by atoms with Gasteiger partial charge in [0.1, 0.15) is 0 Å². The van der Waals surface area contributed by atoms with Crippen LogP contribution < -0.4 is 0 Å². The van der Waals surface area contributed by atoms with E-state index in [1.165, 1.54) is 5.56 Å². The van der Waals surface area contributed by atoms with E-state index in [4.69, 9.17) is 0 Å². The molecule has 0 unspecified atom stereocenters. The van der Waals surface area contributed by atoms with Crippen molar-refractivity contribution in [3.63, 3.8) is 0 Å². The van der Waals surface area contributed by atoms with Gasteiger partial charge in [0.15, 0.2) is 0 Å². The van der Waals surface area contributed by atoms with Gasteiger partial charge in [-0.2, -0.15) is 0 Å². The zero-order valence-corrected chi connectivity index (χ0v) is 10.6. The molecule has 1 aromatic rings. The van der Waals surface area contributed by atoms with Crippen molar-refractivity contribution in [1.29, 1.82) is 0 Å². The highest BCUT2D eigenvalue weighted by molar-refractivity contribution is 9.10. The van der Waals surface area contributed by atoms with Crippen molar-refractivity contribution in [1.82, 2.24) is 9.88 Å². The van der Waals surface area contributed by atoms with Crippen LogP contribution in [0.15, 0.2) is 22.9 Å². The van der Waals surface area contributed by atoms with Crippen molar-refractivity contribution in [3.05, 3.63) is 28.5 Å². The fraction of sp³-hybridized carbons (Fsp3) is 0.545. The maximum absolute atomic E-state index is 4.14. The minimum Gasteiger partial charge on any atom is -0.302 e. The Balaban J connectivity index is 2.51. The van der Waals surface area contributed by atoms with Gasteiger partial charge < -0.3 is 4.90 Å². The molecule has 0 bridgehead atoms. The molecule has 0 aromatic carbocycles. The van der Waals surface area contributed by atoms with Crippen molar-refractivity contribution in [2.24, 2.45) is 5.92 Å². The van der Waals surface area contributed by atoms with Crippen LogP contribution in [0, 0.1) is 5.92 Å². The monoisotopic (exact) mass is 256 g/mol. The summed E-state index contributed by atoms with van der Waals surface area (Å²) in [4.78, 5) is 6.46. The Labute approximate surface area is 94.5 Å². The van der Waals surface area contributed by atoms with E-state index in [1.54, 1.807) is 0 Å². The second-order valence-corrected chi connectivity index (χ2v) is 5.02. The van der Waals surface area contributed by atoms with Crippen LogP contribution in [0.5, 0.6) is 0 Å².